The van der Waals surface area contributed by atoms with Gasteiger partial charge in [0, 0.05) is 80.7 Å². The second kappa shape index (κ2) is 15.9. The summed E-state index contributed by atoms with van der Waals surface area (Å²) >= 11 is 5.17. The SMILES string of the molecule is CCN1CC(C=S)N(C(C)(C)CCCS(=O)CCCS(=O)CCCC(C)(C)N2C(C=O)N(CC)CC2S(=O)(=O)O)C1=O. The van der Waals surface area contributed by atoms with E-state index in [-0.39, 0.29) is 18.6 Å². The molecule has 2 saturated heterocycles. The number of amides is 2. The van der Waals surface area contributed by atoms with Gasteiger partial charge in [-0.3, -0.25) is 22.8 Å². The number of likely N-dealkylation sites (N-methyl/N-ethyl adjacent to an activating group) is 2. The molecule has 0 spiro atoms. The van der Waals surface area contributed by atoms with Crippen molar-refractivity contribution in [2.45, 2.75) is 102 Å². The summed E-state index contributed by atoms with van der Waals surface area (Å²) < 4.78 is 59.3. The molecule has 42 heavy (non-hydrogen) atoms. The molecule has 2 fully saturated rings. The Morgan fingerprint density at radius 3 is 1.90 bits per heavy atom. The molecule has 2 aliphatic rings. The summed E-state index contributed by atoms with van der Waals surface area (Å²) in [5, 5.41) is 0.455. The topological polar surface area (TPSA) is 136 Å². The van der Waals surface area contributed by atoms with Crippen LogP contribution in [0.15, 0.2) is 0 Å². The largest absolute Gasteiger partial charge is 0.322 e. The zero-order valence-corrected chi connectivity index (χ0v) is 29.2. The van der Waals surface area contributed by atoms with Gasteiger partial charge in [-0.25, -0.2) is 4.79 Å². The van der Waals surface area contributed by atoms with Gasteiger partial charge in [0.15, 0.2) is 11.7 Å². The van der Waals surface area contributed by atoms with Crippen molar-refractivity contribution >= 4 is 61.6 Å². The first kappa shape index (κ1) is 37.3. The molecule has 2 rings (SSSR count). The zero-order valence-electron chi connectivity index (χ0n) is 25.9. The molecule has 0 aromatic carbocycles. The summed E-state index contributed by atoms with van der Waals surface area (Å²) in [7, 11) is -6.56. The van der Waals surface area contributed by atoms with Crippen molar-refractivity contribution in [1.82, 2.24) is 19.6 Å². The molecular formula is C27H50N4O7S4. The molecule has 1 N–H and O–H groups in total. The monoisotopic (exact) mass is 670 g/mol. The number of hydrogen-bond donors (Lipinski definition) is 1. The predicted molar refractivity (Wildman–Crippen MR) is 173 cm³/mol. The highest BCUT2D eigenvalue weighted by molar-refractivity contribution is 7.86. The minimum atomic E-state index is -4.40. The molecule has 5 atom stereocenters. The number of carbonyl (C=O) groups is 2. The summed E-state index contributed by atoms with van der Waals surface area (Å²) in [4.78, 5) is 31.6. The van der Waals surface area contributed by atoms with Crippen LogP contribution >= 0.6 is 12.2 Å². The first-order valence-corrected chi connectivity index (χ1v) is 19.7. The van der Waals surface area contributed by atoms with E-state index in [9.17, 15) is 31.0 Å². The summed E-state index contributed by atoms with van der Waals surface area (Å²) in [5.41, 5.74) is -1.13. The third-order valence-corrected chi connectivity index (χ3v) is 12.8. The lowest BCUT2D eigenvalue weighted by atomic mass is 9.95. The lowest BCUT2D eigenvalue weighted by Gasteiger charge is -2.41. The molecule has 0 aromatic heterocycles. The molecule has 0 saturated carbocycles. The zero-order chi connectivity index (χ0) is 31.9. The van der Waals surface area contributed by atoms with Crippen molar-refractivity contribution in [3.8, 4) is 0 Å². The first-order chi connectivity index (χ1) is 19.5. The third-order valence-electron chi connectivity index (χ3n) is 8.40. The van der Waals surface area contributed by atoms with Gasteiger partial charge in [-0.15, -0.1) is 0 Å². The molecular weight excluding hydrogens is 621 g/mol. The Labute approximate surface area is 262 Å². The summed E-state index contributed by atoms with van der Waals surface area (Å²) in [6.07, 6.45) is 2.98. The van der Waals surface area contributed by atoms with Crippen LogP contribution in [0.5, 0.6) is 0 Å². The van der Waals surface area contributed by atoms with E-state index < -0.39 is 54.3 Å². The van der Waals surface area contributed by atoms with Gasteiger partial charge in [0.05, 0.1) is 6.04 Å². The van der Waals surface area contributed by atoms with E-state index in [1.165, 1.54) is 0 Å². The minimum Gasteiger partial charge on any atom is -0.322 e. The number of aldehydes is 1. The molecule has 15 heteroatoms. The van der Waals surface area contributed by atoms with Crippen LogP contribution in [0, 0.1) is 0 Å². The molecule has 0 aliphatic carbocycles. The van der Waals surface area contributed by atoms with Gasteiger partial charge in [0.1, 0.15) is 6.17 Å². The van der Waals surface area contributed by atoms with Crippen LogP contribution in [0.1, 0.15) is 73.6 Å². The molecule has 11 nitrogen and oxygen atoms in total. The Balaban J connectivity index is 1.76. The van der Waals surface area contributed by atoms with Crippen LogP contribution in [0.2, 0.25) is 0 Å². The van der Waals surface area contributed by atoms with Gasteiger partial charge in [-0.05, 0) is 73.3 Å². The van der Waals surface area contributed by atoms with Gasteiger partial charge >= 0.3 is 6.03 Å². The van der Waals surface area contributed by atoms with Gasteiger partial charge in [0.25, 0.3) is 10.1 Å². The smallest absolute Gasteiger partial charge is 0.321 e. The number of hydrogen-bond acceptors (Lipinski definition) is 9. The minimum absolute atomic E-state index is 0.00856. The number of carbonyl (C=O) groups excluding carboxylic acids is 2. The fraction of sp³-hybridized carbons (Fsp3) is 0.889. The number of urea groups is 1. The molecule has 0 radical (unpaired) electrons. The fourth-order valence-corrected chi connectivity index (χ4v) is 9.86. The Bertz CT molecular complexity index is 1100. The van der Waals surface area contributed by atoms with E-state index in [1.807, 2.05) is 46.4 Å². The van der Waals surface area contributed by atoms with Crippen LogP contribution in [0.3, 0.4) is 0 Å². The number of nitrogens with zero attached hydrogens (tertiary/aromatic N) is 4. The highest BCUT2D eigenvalue weighted by Gasteiger charge is 2.50. The quantitative estimate of drug-likeness (QED) is 0.124. The highest BCUT2D eigenvalue weighted by atomic mass is 32.2. The first-order valence-electron chi connectivity index (χ1n) is 14.7. The summed E-state index contributed by atoms with van der Waals surface area (Å²) in [6, 6.07) is -0.115. The van der Waals surface area contributed by atoms with Gasteiger partial charge < -0.3 is 14.6 Å². The van der Waals surface area contributed by atoms with Crippen molar-refractivity contribution in [1.29, 1.82) is 0 Å². The summed E-state index contributed by atoms with van der Waals surface area (Å²) in [5.74, 6) is 1.83. The van der Waals surface area contributed by atoms with Crippen LogP contribution in [-0.4, -0.2) is 137 Å². The molecule has 2 amide bonds. The van der Waals surface area contributed by atoms with Crippen molar-refractivity contribution in [3.63, 3.8) is 0 Å². The standard InChI is InChI=1S/C27H50N4O7S4/c1-7-28-19-24(42(36,37)38)31(23(28)20-32)27(5,6)13-10-15-41(35)17-11-16-40(34)14-9-12-26(3,4)30-22(21-39)18-29(8-2)25(30)33/h20-24H,7-19H2,1-6H3,(H,36,37,38). The Morgan fingerprint density at radius 1 is 0.929 bits per heavy atom. The van der Waals surface area contributed by atoms with Crippen molar-refractivity contribution in [2.75, 3.05) is 49.2 Å². The molecule has 2 aliphatic heterocycles. The van der Waals surface area contributed by atoms with Crippen LogP contribution < -0.4 is 0 Å². The van der Waals surface area contributed by atoms with E-state index in [4.69, 9.17) is 12.2 Å². The van der Waals surface area contributed by atoms with Crippen LogP contribution in [0.4, 0.5) is 4.79 Å². The Morgan fingerprint density at radius 2 is 1.45 bits per heavy atom. The molecule has 244 valence electrons. The maximum atomic E-state index is 12.8. The second-order valence-corrected chi connectivity index (χ2v) is 17.5. The van der Waals surface area contributed by atoms with E-state index >= 15 is 0 Å². The van der Waals surface area contributed by atoms with Crippen molar-refractivity contribution in [2.24, 2.45) is 0 Å². The number of thiocarbonyl (C=S) groups is 1. The van der Waals surface area contributed by atoms with Crippen LogP contribution in [0.25, 0.3) is 0 Å². The normalized spacial score (nSPS) is 24.4. The van der Waals surface area contributed by atoms with Crippen LogP contribution in [-0.2, 0) is 36.5 Å². The summed E-state index contributed by atoms with van der Waals surface area (Å²) in [6.45, 7) is 13.3. The average molecular weight is 671 g/mol. The third kappa shape index (κ3) is 9.58. The van der Waals surface area contributed by atoms with E-state index in [2.05, 4.69) is 0 Å². The molecule has 5 unspecified atom stereocenters. The lowest BCUT2D eigenvalue weighted by Crippen LogP contribution is -2.55. The van der Waals surface area contributed by atoms with E-state index in [0.717, 1.165) is 0 Å². The Hall–Kier alpha value is -0.840. The molecule has 0 aromatic rings. The average Bonchev–Trinajstić information content (AvgIpc) is 3.46. The Kier molecular flexibility index (Phi) is 14.2. The highest BCUT2D eigenvalue weighted by Crippen LogP contribution is 2.34. The van der Waals surface area contributed by atoms with Gasteiger partial charge in [0.2, 0.25) is 0 Å². The van der Waals surface area contributed by atoms with Gasteiger partial charge in [-0.1, -0.05) is 19.1 Å². The van der Waals surface area contributed by atoms with Crippen molar-refractivity contribution in [3.05, 3.63) is 0 Å². The van der Waals surface area contributed by atoms with Crippen molar-refractivity contribution < 1.29 is 31.0 Å². The molecule has 2 heterocycles. The molecule has 0 bridgehead atoms. The fourth-order valence-electron chi connectivity index (χ4n) is 6.12. The lowest BCUT2D eigenvalue weighted by molar-refractivity contribution is -0.118. The maximum absolute atomic E-state index is 12.8. The van der Waals surface area contributed by atoms with E-state index in [1.54, 1.807) is 20.1 Å². The maximum Gasteiger partial charge on any atom is 0.321 e. The second-order valence-electron chi connectivity index (χ2n) is 12.3. The van der Waals surface area contributed by atoms with Gasteiger partial charge in [-0.2, -0.15) is 8.42 Å². The van der Waals surface area contributed by atoms with E-state index in [0.29, 0.717) is 81.0 Å². The predicted octanol–water partition coefficient (Wildman–Crippen LogP) is 2.49. The number of rotatable bonds is 19.